The predicted molar refractivity (Wildman–Crippen MR) is 130 cm³/mol. The first-order valence-electron chi connectivity index (χ1n) is 11.4. The first-order valence-corrected chi connectivity index (χ1v) is 12.8. The number of amides is 1. The molecule has 2 N–H and O–H groups in total. The van der Waals surface area contributed by atoms with Crippen LogP contribution >= 0.6 is 0 Å². The van der Waals surface area contributed by atoms with Crippen LogP contribution in [0.3, 0.4) is 0 Å². The number of sulfonamides is 1. The smallest absolute Gasteiger partial charge is 0.273 e. The molecule has 2 heterocycles. The van der Waals surface area contributed by atoms with Crippen LogP contribution in [0.5, 0.6) is 0 Å². The molecule has 4 rings (SSSR count). The minimum Gasteiger partial charge on any atom is -0.326 e. The van der Waals surface area contributed by atoms with E-state index < -0.39 is 21.5 Å². The number of rotatable bonds is 6. The highest BCUT2D eigenvalue weighted by Gasteiger charge is 2.27. The van der Waals surface area contributed by atoms with Crippen LogP contribution in [0.15, 0.2) is 56.9 Å². The summed E-state index contributed by atoms with van der Waals surface area (Å²) in [5.74, 6) is -0.400. The van der Waals surface area contributed by atoms with Crippen molar-refractivity contribution in [2.45, 2.75) is 50.5 Å². The first kappa shape index (κ1) is 23.9. The number of aryl methyl sites for hydroxylation is 2. The van der Waals surface area contributed by atoms with Gasteiger partial charge in [-0.05, 0) is 49.6 Å². The largest absolute Gasteiger partial charge is 0.326 e. The fourth-order valence-corrected chi connectivity index (χ4v) is 5.99. The summed E-state index contributed by atoms with van der Waals surface area (Å²) in [4.78, 5) is 37.6. The van der Waals surface area contributed by atoms with Gasteiger partial charge in [0.2, 0.25) is 15.9 Å². The molecule has 1 fully saturated rings. The third kappa shape index (κ3) is 4.97. The Labute approximate surface area is 197 Å². The predicted octanol–water partition coefficient (Wildman–Crippen LogP) is 2.59. The second-order valence-electron chi connectivity index (χ2n) is 8.54. The van der Waals surface area contributed by atoms with E-state index in [1.165, 1.54) is 10.4 Å². The van der Waals surface area contributed by atoms with Gasteiger partial charge in [0.05, 0.1) is 22.2 Å². The summed E-state index contributed by atoms with van der Waals surface area (Å²) >= 11 is 0. The molecule has 0 spiro atoms. The zero-order valence-corrected chi connectivity index (χ0v) is 19.9. The van der Waals surface area contributed by atoms with Crippen LogP contribution in [0.4, 0.5) is 5.69 Å². The van der Waals surface area contributed by atoms with Crippen LogP contribution in [0, 0.1) is 6.92 Å². The molecule has 0 aliphatic carbocycles. The van der Waals surface area contributed by atoms with E-state index in [9.17, 15) is 22.8 Å². The highest BCUT2D eigenvalue weighted by Crippen LogP contribution is 2.26. The standard InChI is InChI=1S/C24H28N4O5S/c1-17-10-11-18(16-21(17)34(32,33)27-13-6-2-3-7-14-27)25-22(29)12-15-28-24(31)20-9-5-4-8-19(20)23(30)26-28/h4-5,8-11,16H,2-3,6-7,12-15H2,1H3,(H,25,29)(H,26,30). The number of hydrogen-bond acceptors (Lipinski definition) is 5. The van der Waals surface area contributed by atoms with Crippen molar-refractivity contribution in [3.63, 3.8) is 0 Å². The van der Waals surface area contributed by atoms with Gasteiger partial charge in [-0.3, -0.25) is 19.5 Å². The van der Waals surface area contributed by atoms with Crippen molar-refractivity contribution in [2.24, 2.45) is 0 Å². The lowest BCUT2D eigenvalue weighted by molar-refractivity contribution is -0.116. The molecule has 1 aliphatic heterocycles. The van der Waals surface area contributed by atoms with Gasteiger partial charge in [-0.2, -0.15) is 4.31 Å². The first-order chi connectivity index (χ1) is 16.3. The lowest BCUT2D eigenvalue weighted by Gasteiger charge is -2.21. The second kappa shape index (κ2) is 9.94. The number of aromatic nitrogens is 2. The van der Waals surface area contributed by atoms with Crippen molar-refractivity contribution < 1.29 is 13.2 Å². The normalized spacial score (nSPS) is 15.2. The van der Waals surface area contributed by atoms with E-state index >= 15 is 0 Å². The molecule has 0 atom stereocenters. The zero-order chi connectivity index (χ0) is 24.3. The molecular formula is C24H28N4O5S. The van der Waals surface area contributed by atoms with E-state index in [0.29, 0.717) is 29.7 Å². The number of carbonyl (C=O) groups is 1. The van der Waals surface area contributed by atoms with Crippen LogP contribution in [0.2, 0.25) is 0 Å². The van der Waals surface area contributed by atoms with Gasteiger partial charge in [0, 0.05) is 25.2 Å². The topological polar surface area (TPSA) is 121 Å². The molecule has 1 amide bonds. The van der Waals surface area contributed by atoms with Crippen LogP contribution in [0.25, 0.3) is 10.8 Å². The average molecular weight is 485 g/mol. The van der Waals surface area contributed by atoms with Gasteiger partial charge in [0.1, 0.15) is 0 Å². The summed E-state index contributed by atoms with van der Waals surface area (Å²) in [5, 5.41) is 5.79. The van der Waals surface area contributed by atoms with Gasteiger partial charge in [-0.15, -0.1) is 0 Å². The summed E-state index contributed by atoms with van der Waals surface area (Å²) in [6.07, 6.45) is 3.64. The van der Waals surface area contributed by atoms with E-state index in [-0.39, 0.29) is 28.8 Å². The van der Waals surface area contributed by atoms with Crippen molar-refractivity contribution in [1.82, 2.24) is 14.1 Å². The molecule has 2 aromatic carbocycles. The lowest BCUT2D eigenvalue weighted by atomic mass is 10.2. The van der Waals surface area contributed by atoms with E-state index in [0.717, 1.165) is 30.4 Å². The third-order valence-corrected chi connectivity index (χ3v) is 8.14. The molecule has 1 aliphatic rings. The molecule has 1 aromatic heterocycles. The zero-order valence-electron chi connectivity index (χ0n) is 19.0. The number of benzene rings is 2. The van der Waals surface area contributed by atoms with E-state index in [4.69, 9.17) is 0 Å². The maximum atomic E-state index is 13.2. The Morgan fingerprint density at radius 1 is 1.00 bits per heavy atom. The second-order valence-corrected chi connectivity index (χ2v) is 10.4. The van der Waals surface area contributed by atoms with E-state index in [1.54, 1.807) is 43.3 Å². The molecule has 180 valence electrons. The van der Waals surface area contributed by atoms with Crippen LogP contribution < -0.4 is 16.4 Å². The van der Waals surface area contributed by atoms with Crippen LogP contribution in [0.1, 0.15) is 37.7 Å². The highest BCUT2D eigenvalue weighted by molar-refractivity contribution is 7.89. The molecule has 34 heavy (non-hydrogen) atoms. The molecule has 3 aromatic rings. The van der Waals surface area contributed by atoms with Gasteiger partial charge in [-0.25, -0.2) is 13.1 Å². The fourth-order valence-electron chi connectivity index (χ4n) is 4.22. The molecule has 0 bridgehead atoms. The Morgan fingerprint density at radius 2 is 1.68 bits per heavy atom. The summed E-state index contributed by atoms with van der Waals surface area (Å²) < 4.78 is 29.1. The molecule has 0 unspecified atom stereocenters. The SMILES string of the molecule is Cc1ccc(NC(=O)CCn2[nH]c(=O)c3ccccc3c2=O)cc1S(=O)(=O)N1CCCCCC1. The quantitative estimate of drug-likeness (QED) is 0.557. The molecular weight excluding hydrogens is 456 g/mol. The lowest BCUT2D eigenvalue weighted by Crippen LogP contribution is -2.32. The van der Waals surface area contributed by atoms with Gasteiger partial charge in [-0.1, -0.05) is 31.0 Å². The Balaban J connectivity index is 1.49. The van der Waals surface area contributed by atoms with Gasteiger partial charge in [0.15, 0.2) is 0 Å². The maximum absolute atomic E-state index is 13.2. The van der Waals surface area contributed by atoms with Crippen molar-refractivity contribution >= 4 is 32.4 Å². The Kier molecular flexibility index (Phi) is 6.99. The Bertz CT molecular complexity index is 1430. The van der Waals surface area contributed by atoms with Gasteiger partial charge in [0.25, 0.3) is 11.1 Å². The van der Waals surface area contributed by atoms with E-state index in [1.807, 2.05) is 0 Å². The van der Waals surface area contributed by atoms with Crippen LogP contribution in [-0.2, 0) is 21.4 Å². The molecule has 9 nitrogen and oxygen atoms in total. The van der Waals surface area contributed by atoms with Crippen molar-refractivity contribution in [1.29, 1.82) is 0 Å². The van der Waals surface area contributed by atoms with Crippen molar-refractivity contribution in [3.05, 3.63) is 68.7 Å². The number of nitrogens with zero attached hydrogens (tertiary/aromatic N) is 2. The third-order valence-electron chi connectivity index (χ3n) is 6.10. The fraction of sp³-hybridized carbons (Fsp3) is 0.375. The summed E-state index contributed by atoms with van der Waals surface area (Å²) in [5.41, 5.74) is 0.188. The molecule has 0 radical (unpaired) electrons. The summed E-state index contributed by atoms with van der Waals surface area (Å²) in [6.45, 7) is 2.71. The molecule has 1 saturated heterocycles. The molecule has 10 heteroatoms. The van der Waals surface area contributed by atoms with E-state index in [2.05, 4.69) is 10.4 Å². The number of aromatic amines is 1. The average Bonchev–Trinajstić information content (AvgIpc) is 3.12. The molecule has 0 saturated carbocycles. The number of anilines is 1. The minimum absolute atomic E-state index is 0.0183. The number of H-pyrrole nitrogens is 1. The van der Waals surface area contributed by atoms with Crippen LogP contribution in [-0.4, -0.2) is 41.5 Å². The van der Waals surface area contributed by atoms with Crippen molar-refractivity contribution in [3.8, 4) is 0 Å². The maximum Gasteiger partial charge on any atom is 0.273 e. The Hall–Kier alpha value is -3.24. The Morgan fingerprint density at radius 3 is 2.38 bits per heavy atom. The number of carbonyl (C=O) groups excluding carboxylic acids is 1. The highest BCUT2D eigenvalue weighted by atomic mass is 32.2. The minimum atomic E-state index is -3.66. The number of hydrogen-bond donors (Lipinski definition) is 2. The van der Waals surface area contributed by atoms with Crippen molar-refractivity contribution in [2.75, 3.05) is 18.4 Å². The van der Waals surface area contributed by atoms with Gasteiger partial charge >= 0.3 is 0 Å². The number of nitrogens with one attached hydrogen (secondary N) is 2. The summed E-state index contributed by atoms with van der Waals surface area (Å²) in [7, 11) is -3.66. The number of fused-ring (bicyclic) bond motifs is 1. The summed E-state index contributed by atoms with van der Waals surface area (Å²) in [6, 6.07) is 11.3. The van der Waals surface area contributed by atoms with Gasteiger partial charge < -0.3 is 5.32 Å². The monoisotopic (exact) mass is 484 g/mol.